The number of nitrogens with one attached hydrogen (secondary N) is 1. The second-order valence-electron chi connectivity index (χ2n) is 4.46. The van der Waals surface area contributed by atoms with Crippen molar-refractivity contribution in [1.29, 1.82) is 0 Å². The third-order valence-electron chi connectivity index (χ3n) is 2.78. The Morgan fingerprint density at radius 2 is 2.15 bits per heavy atom. The van der Waals surface area contributed by atoms with Crippen molar-refractivity contribution in [2.45, 2.75) is 26.2 Å². The van der Waals surface area contributed by atoms with Gasteiger partial charge in [-0.15, -0.1) is 0 Å². The largest absolute Gasteiger partial charge is 0.495 e. The van der Waals surface area contributed by atoms with E-state index in [0.29, 0.717) is 28.6 Å². The van der Waals surface area contributed by atoms with Gasteiger partial charge in [0.05, 0.1) is 12.8 Å². The molecule has 20 heavy (non-hydrogen) atoms. The van der Waals surface area contributed by atoms with Crippen molar-refractivity contribution >= 4 is 28.1 Å². The minimum absolute atomic E-state index is 0.182. The van der Waals surface area contributed by atoms with Crippen molar-refractivity contribution in [3.63, 3.8) is 0 Å². The number of methoxy groups -OCH3 is 1. The van der Waals surface area contributed by atoms with Crippen molar-refractivity contribution in [3.05, 3.63) is 18.2 Å². The van der Waals surface area contributed by atoms with Crippen LogP contribution >= 0.6 is 0 Å². The molecule has 1 aromatic rings. The van der Waals surface area contributed by atoms with Crippen LogP contribution in [0.1, 0.15) is 26.2 Å². The van der Waals surface area contributed by atoms with Crippen molar-refractivity contribution < 1.29 is 13.7 Å². The third-order valence-corrected chi connectivity index (χ3v) is 4.18. The number of benzene rings is 1. The van der Waals surface area contributed by atoms with Gasteiger partial charge < -0.3 is 15.8 Å². The summed E-state index contributed by atoms with van der Waals surface area (Å²) in [5.41, 5.74) is 6.77. The van der Waals surface area contributed by atoms with Gasteiger partial charge >= 0.3 is 0 Å². The summed E-state index contributed by atoms with van der Waals surface area (Å²) in [5, 5.41) is 2.74. The van der Waals surface area contributed by atoms with Crippen LogP contribution in [0.5, 0.6) is 5.75 Å². The van der Waals surface area contributed by atoms with Gasteiger partial charge in [-0.05, 0) is 24.6 Å². The molecule has 0 heterocycles. The number of nitrogen functional groups attached to an aromatic ring is 1. The fourth-order valence-electron chi connectivity index (χ4n) is 1.65. The molecule has 1 unspecified atom stereocenters. The predicted octanol–water partition coefficient (Wildman–Crippen LogP) is 2.15. The fraction of sp³-hybridized carbons (Fsp3) is 0.500. The topological polar surface area (TPSA) is 81.4 Å². The van der Waals surface area contributed by atoms with Gasteiger partial charge in [-0.3, -0.25) is 9.00 Å². The summed E-state index contributed by atoms with van der Waals surface area (Å²) >= 11 is 0. The van der Waals surface area contributed by atoms with Crippen LogP contribution in [0, 0.1) is 0 Å². The number of amides is 1. The minimum atomic E-state index is -0.927. The monoisotopic (exact) mass is 298 g/mol. The summed E-state index contributed by atoms with van der Waals surface area (Å²) in [6.45, 7) is 2.05. The second kappa shape index (κ2) is 8.58. The predicted molar refractivity (Wildman–Crippen MR) is 83.4 cm³/mol. The molecule has 0 bridgehead atoms. The standard InChI is InChI=1S/C14H22N2O3S/c1-3-4-8-20(18)9-7-14(17)16-12-10-11(15)5-6-13(12)19-2/h5-6,10H,3-4,7-9,15H2,1-2H3,(H,16,17). The van der Waals surface area contributed by atoms with Gasteiger partial charge in [0.25, 0.3) is 0 Å². The minimum Gasteiger partial charge on any atom is -0.495 e. The number of nitrogens with two attached hydrogens (primary N) is 1. The maximum atomic E-state index is 11.8. The van der Waals surface area contributed by atoms with E-state index in [1.54, 1.807) is 18.2 Å². The summed E-state index contributed by atoms with van der Waals surface area (Å²) in [4.78, 5) is 11.8. The highest BCUT2D eigenvalue weighted by molar-refractivity contribution is 7.84. The Balaban J connectivity index is 2.50. The molecule has 1 rings (SSSR count). The molecule has 0 spiro atoms. The molecule has 3 N–H and O–H groups in total. The lowest BCUT2D eigenvalue weighted by Crippen LogP contribution is -2.16. The van der Waals surface area contributed by atoms with Crippen LogP contribution < -0.4 is 15.8 Å². The van der Waals surface area contributed by atoms with Crippen LogP contribution in [0.2, 0.25) is 0 Å². The Hall–Kier alpha value is -1.56. The number of ether oxygens (including phenoxy) is 1. The number of unbranched alkanes of at least 4 members (excludes halogenated alkanes) is 1. The summed E-state index contributed by atoms with van der Waals surface area (Å²) in [5.74, 6) is 1.42. The molecule has 0 saturated carbocycles. The van der Waals surface area contributed by atoms with Gasteiger partial charge in [-0.2, -0.15) is 0 Å². The van der Waals surface area contributed by atoms with Gasteiger partial charge in [-0.1, -0.05) is 13.3 Å². The Kier molecular flexibility index (Phi) is 7.08. The first-order chi connectivity index (χ1) is 9.56. The summed E-state index contributed by atoms with van der Waals surface area (Å²) < 4.78 is 16.8. The van der Waals surface area contributed by atoms with Crippen molar-refractivity contribution in [1.82, 2.24) is 0 Å². The van der Waals surface area contributed by atoms with Gasteiger partial charge in [0, 0.05) is 34.4 Å². The maximum absolute atomic E-state index is 11.8. The van der Waals surface area contributed by atoms with Crippen LogP contribution in [-0.4, -0.2) is 28.7 Å². The van der Waals surface area contributed by atoms with E-state index in [1.165, 1.54) is 7.11 Å². The van der Waals surface area contributed by atoms with E-state index >= 15 is 0 Å². The number of hydrogen-bond acceptors (Lipinski definition) is 4. The first-order valence-electron chi connectivity index (χ1n) is 6.65. The van der Waals surface area contributed by atoms with Crippen LogP contribution in [0.15, 0.2) is 18.2 Å². The van der Waals surface area contributed by atoms with Gasteiger partial charge in [0.2, 0.25) is 5.91 Å². The molecule has 0 fully saturated rings. The van der Waals surface area contributed by atoms with E-state index < -0.39 is 10.8 Å². The van der Waals surface area contributed by atoms with Crippen molar-refractivity contribution in [3.8, 4) is 5.75 Å². The molecule has 0 aromatic heterocycles. The van der Waals surface area contributed by atoms with E-state index in [4.69, 9.17) is 10.5 Å². The molecule has 0 radical (unpaired) electrons. The number of carbonyl (C=O) groups excluding carboxylic acids is 1. The molecule has 5 nitrogen and oxygen atoms in total. The molecule has 1 aromatic carbocycles. The zero-order valence-electron chi connectivity index (χ0n) is 12.0. The SMILES string of the molecule is CCCCS(=O)CCC(=O)Nc1cc(N)ccc1OC. The Morgan fingerprint density at radius 3 is 2.80 bits per heavy atom. The quantitative estimate of drug-likeness (QED) is 0.721. The highest BCUT2D eigenvalue weighted by Crippen LogP contribution is 2.26. The Labute approximate surface area is 122 Å². The molecule has 1 atom stereocenters. The summed E-state index contributed by atoms with van der Waals surface area (Å²) in [7, 11) is 0.602. The average Bonchev–Trinajstić information content (AvgIpc) is 2.43. The van der Waals surface area contributed by atoms with Gasteiger partial charge in [0.15, 0.2) is 0 Å². The lowest BCUT2D eigenvalue weighted by molar-refractivity contribution is -0.115. The Morgan fingerprint density at radius 1 is 1.40 bits per heavy atom. The lowest BCUT2D eigenvalue weighted by Gasteiger charge is -2.10. The van der Waals surface area contributed by atoms with E-state index in [1.807, 2.05) is 0 Å². The van der Waals surface area contributed by atoms with E-state index in [2.05, 4.69) is 12.2 Å². The number of rotatable bonds is 8. The Bertz CT molecular complexity index is 477. The van der Waals surface area contributed by atoms with Gasteiger partial charge in [-0.25, -0.2) is 0 Å². The van der Waals surface area contributed by atoms with Crippen molar-refractivity contribution in [2.75, 3.05) is 29.7 Å². The molecular weight excluding hydrogens is 276 g/mol. The molecule has 6 heteroatoms. The molecule has 0 aliphatic rings. The first-order valence-corrected chi connectivity index (χ1v) is 8.14. The van der Waals surface area contributed by atoms with Crippen LogP contribution in [-0.2, 0) is 15.6 Å². The maximum Gasteiger partial charge on any atom is 0.225 e. The highest BCUT2D eigenvalue weighted by atomic mass is 32.2. The molecule has 0 aliphatic carbocycles. The first kappa shape index (κ1) is 16.5. The zero-order valence-corrected chi connectivity index (χ0v) is 12.8. The molecule has 112 valence electrons. The highest BCUT2D eigenvalue weighted by Gasteiger charge is 2.09. The zero-order chi connectivity index (χ0) is 15.0. The average molecular weight is 298 g/mol. The number of carbonyl (C=O) groups is 1. The van der Waals surface area contributed by atoms with E-state index in [-0.39, 0.29) is 12.3 Å². The van der Waals surface area contributed by atoms with Crippen LogP contribution in [0.4, 0.5) is 11.4 Å². The summed E-state index contributed by atoms with van der Waals surface area (Å²) in [6.07, 6.45) is 2.17. The van der Waals surface area contributed by atoms with Crippen molar-refractivity contribution in [2.24, 2.45) is 0 Å². The molecule has 0 aliphatic heterocycles. The molecule has 1 amide bonds. The molecular formula is C14H22N2O3S. The van der Waals surface area contributed by atoms with E-state index in [9.17, 15) is 9.00 Å². The summed E-state index contributed by atoms with van der Waals surface area (Å²) in [6, 6.07) is 5.05. The number of hydrogen-bond donors (Lipinski definition) is 2. The molecule has 0 saturated heterocycles. The third kappa shape index (κ3) is 5.61. The second-order valence-corrected chi connectivity index (χ2v) is 6.16. The normalized spacial score (nSPS) is 11.9. The van der Waals surface area contributed by atoms with Crippen LogP contribution in [0.3, 0.4) is 0 Å². The lowest BCUT2D eigenvalue weighted by atomic mass is 10.2. The van der Waals surface area contributed by atoms with Crippen LogP contribution in [0.25, 0.3) is 0 Å². The number of anilines is 2. The van der Waals surface area contributed by atoms with E-state index in [0.717, 1.165) is 12.8 Å². The van der Waals surface area contributed by atoms with Gasteiger partial charge in [0.1, 0.15) is 5.75 Å². The smallest absolute Gasteiger partial charge is 0.225 e. The fourth-order valence-corrected chi connectivity index (χ4v) is 2.88.